The third-order valence-corrected chi connectivity index (χ3v) is 3.05. The van der Waals surface area contributed by atoms with Crippen molar-refractivity contribution in [3.05, 3.63) is 23.8 Å². The standard InChI is InChI=1S/C13H23NO/c1-10(2)12-5-7-14(11(3)4)8-6-13(15)9-12/h9,11,13,15H,1,5-8H2,2-4H3/b12-9-. The van der Waals surface area contributed by atoms with Crippen LogP contribution in [0, 0.1) is 0 Å². The van der Waals surface area contributed by atoms with E-state index >= 15 is 0 Å². The number of hydrogen-bond acceptors (Lipinski definition) is 2. The molecule has 0 fully saturated rings. The van der Waals surface area contributed by atoms with Crippen LogP contribution in [-0.4, -0.2) is 35.2 Å². The average molecular weight is 209 g/mol. The van der Waals surface area contributed by atoms with Crippen molar-refractivity contribution >= 4 is 0 Å². The highest BCUT2D eigenvalue weighted by Gasteiger charge is 2.15. The molecule has 2 heteroatoms. The summed E-state index contributed by atoms with van der Waals surface area (Å²) in [6.07, 6.45) is 3.50. The molecule has 1 atom stereocenters. The van der Waals surface area contributed by atoms with E-state index in [4.69, 9.17) is 0 Å². The topological polar surface area (TPSA) is 23.5 Å². The maximum absolute atomic E-state index is 9.79. The van der Waals surface area contributed by atoms with Crippen molar-refractivity contribution in [3.8, 4) is 0 Å². The van der Waals surface area contributed by atoms with E-state index in [0.29, 0.717) is 6.04 Å². The number of aliphatic hydroxyl groups excluding tert-OH is 1. The molecule has 1 aliphatic heterocycles. The van der Waals surface area contributed by atoms with Crippen LogP contribution < -0.4 is 0 Å². The molecule has 2 nitrogen and oxygen atoms in total. The van der Waals surface area contributed by atoms with Crippen LogP contribution in [0.4, 0.5) is 0 Å². The minimum atomic E-state index is -0.307. The van der Waals surface area contributed by atoms with Gasteiger partial charge < -0.3 is 10.0 Å². The van der Waals surface area contributed by atoms with Gasteiger partial charge in [0, 0.05) is 19.1 Å². The van der Waals surface area contributed by atoms with Crippen LogP contribution in [0.1, 0.15) is 33.6 Å². The van der Waals surface area contributed by atoms with Gasteiger partial charge in [-0.3, -0.25) is 0 Å². The van der Waals surface area contributed by atoms with Crippen molar-refractivity contribution in [2.45, 2.75) is 45.8 Å². The van der Waals surface area contributed by atoms with Gasteiger partial charge in [-0.05, 0) is 39.2 Å². The molecule has 0 aromatic heterocycles. The normalized spacial score (nSPS) is 28.1. The molecule has 0 amide bonds. The van der Waals surface area contributed by atoms with Crippen LogP contribution in [-0.2, 0) is 0 Å². The van der Waals surface area contributed by atoms with E-state index < -0.39 is 0 Å². The second-order valence-corrected chi connectivity index (χ2v) is 4.71. The Hall–Kier alpha value is -0.600. The summed E-state index contributed by atoms with van der Waals surface area (Å²) in [5, 5.41) is 9.79. The fraction of sp³-hybridized carbons (Fsp3) is 0.692. The summed E-state index contributed by atoms with van der Waals surface area (Å²) in [4.78, 5) is 2.42. The van der Waals surface area contributed by atoms with Gasteiger partial charge in [-0.1, -0.05) is 18.2 Å². The van der Waals surface area contributed by atoms with Crippen LogP contribution in [0.2, 0.25) is 0 Å². The molecule has 0 spiro atoms. The molecule has 0 aliphatic carbocycles. The summed E-state index contributed by atoms with van der Waals surface area (Å²) in [5.41, 5.74) is 2.30. The number of nitrogens with zero attached hydrogens (tertiary/aromatic N) is 1. The molecule has 1 unspecified atom stereocenters. The second kappa shape index (κ2) is 5.47. The first-order valence-electron chi connectivity index (χ1n) is 5.79. The van der Waals surface area contributed by atoms with Crippen LogP contribution in [0.15, 0.2) is 23.8 Å². The smallest absolute Gasteiger partial charge is 0.0738 e. The maximum atomic E-state index is 9.79. The first kappa shape index (κ1) is 12.5. The summed E-state index contributed by atoms with van der Waals surface area (Å²) in [5.74, 6) is 0. The second-order valence-electron chi connectivity index (χ2n) is 4.71. The lowest BCUT2D eigenvalue weighted by molar-refractivity contribution is 0.154. The molecule has 0 radical (unpaired) electrons. The molecular formula is C13H23NO. The molecule has 0 bridgehead atoms. The van der Waals surface area contributed by atoms with E-state index in [9.17, 15) is 5.11 Å². The zero-order chi connectivity index (χ0) is 11.4. The Morgan fingerprint density at radius 1 is 1.53 bits per heavy atom. The van der Waals surface area contributed by atoms with Crippen molar-refractivity contribution in [3.63, 3.8) is 0 Å². The summed E-state index contributed by atoms with van der Waals surface area (Å²) in [7, 11) is 0. The first-order chi connectivity index (χ1) is 7.00. The number of rotatable bonds is 2. The Balaban J connectivity index is 2.71. The third-order valence-electron chi connectivity index (χ3n) is 3.05. The summed E-state index contributed by atoms with van der Waals surface area (Å²) >= 11 is 0. The molecule has 0 saturated carbocycles. The minimum absolute atomic E-state index is 0.307. The van der Waals surface area contributed by atoms with Gasteiger partial charge in [-0.25, -0.2) is 0 Å². The highest BCUT2D eigenvalue weighted by atomic mass is 16.3. The van der Waals surface area contributed by atoms with Gasteiger partial charge in [-0.2, -0.15) is 0 Å². The highest BCUT2D eigenvalue weighted by molar-refractivity contribution is 5.27. The summed E-state index contributed by atoms with van der Waals surface area (Å²) in [6.45, 7) is 12.4. The number of hydrogen-bond donors (Lipinski definition) is 1. The quantitative estimate of drug-likeness (QED) is 0.754. The Bertz CT molecular complexity index is 255. The van der Waals surface area contributed by atoms with Crippen LogP contribution in [0.3, 0.4) is 0 Å². The van der Waals surface area contributed by atoms with Crippen LogP contribution >= 0.6 is 0 Å². The lowest BCUT2D eigenvalue weighted by Crippen LogP contribution is -2.35. The van der Waals surface area contributed by atoms with Crippen molar-refractivity contribution in [1.29, 1.82) is 0 Å². The monoisotopic (exact) mass is 209 g/mol. The number of allylic oxidation sites excluding steroid dienone is 1. The minimum Gasteiger partial charge on any atom is -0.389 e. The molecule has 15 heavy (non-hydrogen) atoms. The lowest BCUT2D eigenvalue weighted by atomic mass is 9.99. The third kappa shape index (κ3) is 3.80. The van der Waals surface area contributed by atoms with Crippen molar-refractivity contribution in [2.75, 3.05) is 13.1 Å². The van der Waals surface area contributed by atoms with E-state index in [2.05, 4.69) is 25.3 Å². The Morgan fingerprint density at radius 3 is 2.73 bits per heavy atom. The van der Waals surface area contributed by atoms with Gasteiger partial charge in [-0.15, -0.1) is 0 Å². The van der Waals surface area contributed by atoms with Gasteiger partial charge >= 0.3 is 0 Å². The van der Waals surface area contributed by atoms with E-state index in [0.717, 1.165) is 31.5 Å². The molecule has 0 aromatic rings. The van der Waals surface area contributed by atoms with Gasteiger partial charge in [0.25, 0.3) is 0 Å². The predicted molar refractivity (Wildman–Crippen MR) is 64.8 cm³/mol. The zero-order valence-electron chi connectivity index (χ0n) is 10.2. The molecule has 0 aromatic carbocycles. The SMILES string of the molecule is C=C(C)/C1=C\C(O)CCN(C(C)C)CC1. The van der Waals surface area contributed by atoms with E-state index in [1.54, 1.807) is 0 Å². The van der Waals surface area contributed by atoms with Crippen LogP contribution in [0.5, 0.6) is 0 Å². The van der Waals surface area contributed by atoms with Crippen molar-refractivity contribution in [2.24, 2.45) is 0 Å². The summed E-state index contributed by atoms with van der Waals surface area (Å²) < 4.78 is 0. The fourth-order valence-electron chi connectivity index (χ4n) is 1.94. The molecule has 1 aliphatic rings. The van der Waals surface area contributed by atoms with Crippen molar-refractivity contribution < 1.29 is 5.11 Å². The van der Waals surface area contributed by atoms with Gasteiger partial charge in [0.15, 0.2) is 0 Å². The zero-order valence-corrected chi connectivity index (χ0v) is 10.2. The molecule has 86 valence electrons. The number of aliphatic hydroxyl groups is 1. The van der Waals surface area contributed by atoms with E-state index in [1.165, 1.54) is 5.57 Å². The van der Waals surface area contributed by atoms with Gasteiger partial charge in [0.05, 0.1) is 6.10 Å². The maximum Gasteiger partial charge on any atom is 0.0738 e. The fourth-order valence-corrected chi connectivity index (χ4v) is 1.94. The molecule has 1 rings (SSSR count). The van der Waals surface area contributed by atoms with Crippen LogP contribution in [0.25, 0.3) is 0 Å². The van der Waals surface area contributed by atoms with E-state index in [-0.39, 0.29) is 6.10 Å². The lowest BCUT2D eigenvalue weighted by Gasteiger charge is -2.29. The summed E-state index contributed by atoms with van der Waals surface area (Å²) in [6, 6.07) is 0.557. The Labute approximate surface area is 93.3 Å². The largest absolute Gasteiger partial charge is 0.389 e. The molecular weight excluding hydrogens is 186 g/mol. The Morgan fingerprint density at radius 2 is 2.20 bits per heavy atom. The van der Waals surface area contributed by atoms with Gasteiger partial charge in [0.1, 0.15) is 0 Å². The predicted octanol–water partition coefficient (Wildman–Crippen LogP) is 2.35. The Kier molecular flexibility index (Phi) is 4.55. The van der Waals surface area contributed by atoms with Gasteiger partial charge in [0.2, 0.25) is 0 Å². The highest BCUT2D eigenvalue weighted by Crippen LogP contribution is 2.18. The molecule has 1 heterocycles. The molecule has 0 saturated heterocycles. The average Bonchev–Trinajstić information content (AvgIpc) is 2.10. The van der Waals surface area contributed by atoms with Crippen molar-refractivity contribution in [1.82, 2.24) is 4.90 Å². The molecule has 1 N–H and O–H groups in total. The van der Waals surface area contributed by atoms with E-state index in [1.807, 2.05) is 13.0 Å². The first-order valence-corrected chi connectivity index (χ1v) is 5.79.